The molecule has 1 spiro atoms. The van der Waals surface area contributed by atoms with Crippen LogP contribution in [0.1, 0.15) is 31.4 Å². The molecule has 10 nitrogen and oxygen atoms in total. The molecule has 1 saturated carbocycles. The fourth-order valence-electron chi connectivity index (χ4n) is 4.41. The summed E-state index contributed by atoms with van der Waals surface area (Å²) in [4.78, 5) is 11.1. The van der Waals surface area contributed by atoms with E-state index in [1.165, 1.54) is 0 Å². The number of anilines is 1. The van der Waals surface area contributed by atoms with Gasteiger partial charge in [-0.2, -0.15) is 23.1 Å². The number of piperidine rings is 1. The molecular formula is C19H24N8O2S. The molecule has 158 valence electrons. The lowest BCUT2D eigenvalue weighted by atomic mass is 9.87. The van der Waals surface area contributed by atoms with Gasteiger partial charge < -0.3 is 4.90 Å². The van der Waals surface area contributed by atoms with Gasteiger partial charge in [0.1, 0.15) is 17.6 Å². The second kappa shape index (κ2) is 7.01. The number of nitriles is 1. The molecule has 0 radical (unpaired) electrons. The number of aromatic nitrogens is 4. The first kappa shape index (κ1) is 19.4. The lowest BCUT2D eigenvalue weighted by Crippen LogP contribution is -2.55. The molecule has 2 aliphatic heterocycles. The molecule has 2 aromatic rings. The van der Waals surface area contributed by atoms with E-state index >= 15 is 0 Å². The Kier molecular flexibility index (Phi) is 4.53. The fraction of sp³-hybridized carbons (Fsp3) is 0.579. The third-order valence-electron chi connectivity index (χ3n) is 6.39. The maximum Gasteiger partial charge on any atom is 0.280 e. The number of aryl methyl sites for hydroxylation is 1. The monoisotopic (exact) mass is 428 g/mol. The van der Waals surface area contributed by atoms with Crippen molar-refractivity contribution in [2.24, 2.45) is 13.0 Å². The van der Waals surface area contributed by atoms with Crippen LogP contribution in [0.3, 0.4) is 0 Å². The van der Waals surface area contributed by atoms with Gasteiger partial charge in [-0.1, -0.05) is 0 Å². The molecule has 1 aliphatic carbocycles. The van der Waals surface area contributed by atoms with E-state index in [4.69, 9.17) is 4.98 Å². The van der Waals surface area contributed by atoms with Crippen molar-refractivity contribution in [3.05, 3.63) is 24.3 Å². The zero-order chi connectivity index (χ0) is 20.9. The van der Waals surface area contributed by atoms with Crippen molar-refractivity contribution in [2.75, 3.05) is 31.1 Å². The smallest absolute Gasteiger partial charge is 0.280 e. The van der Waals surface area contributed by atoms with E-state index in [0.717, 1.165) is 31.2 Å². The van der Waals surface area contributed by atoms with E-state index in [2.05, 4.69) is 25.8 Å². The topological polar surface area (TPSA) is 120 Å². The third-order valence-corrected chi connectivity index (χ3v) is 8.01. The zero-order valence-corrected chi connectivity index (χ0v) is 17.6. The Labute approximate surface area is 175 Å². The van der Waals surface area contributed by atoms with E-state index in [-0.39, 0.29) is 11.2 Å². The third kappa shape index (κ3) is 3.34. The van der Waals surface area contributed by atoms with Crippen molar-refractivity contribution in [2.45, 2.75) is 31.2 Å². The number of nitrogens with zero attached hydrogens (tertiary/aromatic N) is 7. The lowest BCUT2D eigenvalue weighted by Gasteiger charge is -2.43. The van der Waals surface area contributed by atoms with Gasteiger partial charge in [-0.25, -0.2) is 14.7 Å². The van der Waals surface area contributed by atoms with Gasteiger partial charge >= 0.3 is 0 Å². The molecule has 3 fully saturated rings. The predicted octanol–water partition coefficient (Wildman–Crippen LogP) is 0.648. The highest BCUT2D eigenvalue weighted by Gasteiger charge is 2.52. The molecule has 0 bridgehead atoms. The number of hydrogen-bond acceptors (Lipinski definition) is 7. The van der Waals surface area contributed by atoms with Gasteiger partial charge in [-0.15, -0.1) is 0 Å². The molecule has 5 rings (SSSR count). The summed E-state index contributed by atoms with van der Waals surface area (Å²) in [7, 11) is -1.58. The Morgan fingerprint density at radius 3 is 2.70 bits per heavy atom. The quantitative estimate of drug-likeness (QED) is 0.759. The summed E-state index contributed by atoms with van der Waals surface area (Å²) < 4.78 is 31.3. The normalized spacial score (nSPS) is 23.0. The van der Waals surface area contributed by atoms with Crippen LogP contribution in [-0.2, 0) is 17.3 Å². The second-order valence-corrected chi connectivity index (χ2v) is 10.1. The highest BCUT2D eigenvalue weighted by atomic mass is 32.2. The molecule has 2 saturated heterocycles. The minimum atomic E-state index is -3.39. The van der Waals surface area contributed by atoms with Gasteiger partial charge in [0.15, 0.2) is 5.69 Å². The van der Waals surface area contributed by atoms with Crippen LogP contribution in [0.15, 0.2) is 18.6 Å². The van der Waals surface area contributed by atoms with E-state index in [1.807, 2.05) is 13.2 Å². The molecule has 30 heavy (non-hydrogen) atoms. The molecular weight excluding hydrogens is 404 g/mol. The van der Waals surface area contributed by atoms with Crippen LogP contribution in [-0.4, -0.2) is 64.2 Å². The standard InChI is InChI=1S/C19H24N8O2S/c1-25-12-15(9-22-25)18-16(8-20)21-10-17(24-18)26-6-4-19(5-7-26)13-23-30(28,29)27(19)11-14-2-3-14/h9-10,12,14,23H,2-7,11,13H2,1H3. The largest absolute Gasteiger partial charge is 0.355 e. The first-order chi connectivity index (χ1) is 14.4. The van der Waals surface area contributed by atoms with Crippen LogP contribution in [0.5, 0.6) is 0 Å². The van der Waals surface area contributed by atoms with Crippen LogP contribution >= 0.6 is 0 Å². The number of nitrogens with one attached hydrogen (secondary N) is 1. The van der Waals surface area contributed by atoms with Gasteiger partial charge in [-0.3, -0.25) is 4.68 Å². The Morgan fingerprint density at radius 2 is 2.07 bits per heavy atom. The van der Waals surface area contributed by atoms with E-state index in [1.54, 1.807) is 21.4 Å². The highest BCUT2D eigenvalue weighted by Crippen LogP contribution is 2.40. The summed E-state index contributed by atoms with van der Waals surface area (Å²) >= 11 is 0. The molecule has 0 unspecified atom stereocenters. The summed E-state index contributed by atoms with van der Waals surface area (Å²) in [6.07, 6.45) is 8.81. The predicted molar refractivity (Wildman–Crippen MR) is 109 cm³/mol. The van der Waals surface area contributed by atoms with E-state index in [0.29, 0.717) is 43.6 Å². The van der Waals surface area contributed by atoms with Gasteiger partial charge in [-0.05, 0) is 31.6 Å². The Balaban J connectivity index is 1.37. The van der Waals surface area contributed by atoms with Crippen molar-refractivity contribution in [3.8, 4) is 17.3 Å². The average Bonchev–Trinajstić information content (AvgIpc) is 3.42. The summed E-state index contributed by atoms with van der Waals surface area (Å²) in [6.45, 7) is 2.46. The molecule has 3 aliphatic rings. The van der Waals surface area contributed by atoms with Gasteiger partial charge in [0.2, 0.25) is 0 Å². The minimum absolute atomic E-state index is 0.266. The highest BCUT2D eigenvalue weighted by molar-refractivity contribution is 7.87. The van der Waals surface area contributed by atoms with Crippen LogP contribution < -0.4 is 9.62 Å². The SMILES string of the molecule is Cn1cc(-c2nc(N3CCC4(CC3)CNS(=O)(=O)N4CC3CC3)cnc2C#N)cn1. The van der Waals surface area contributed by atoms with Crippen molar-refractivity contribution < 1.29 is 8.42 Å². The van der Waals surface area contributed by atoms with E-state index in [9.17, 15) is 13.7 Å². The van der Waals surface area contributed by atoms with Gasteiger partial charge in [0, 0.05) is 45.0 Å². The maximum absolute atomic E-state index is 12.6. The number of hydrogen-bond donors (Lipinski definition) is 1. The lowest BCUT2D eigenvalue weighted by molar-refractivity contribution is 0.168. The molecule has 4 heterocycles. The Bertz CT molecular complexity index is 1110. The van der Waals surface area contributed by atoms with Crippen LogP contribution in [0.2, 0.25) is 0 Å². The Hall–Kier alpha value is -2.55. The Morgan fingerprint density at radius 1 is 1.30 bits per heavy atom. The second-order valence-electron chi connectivity index (χ2n) is 8.45. The molecule has 0 amide bonds. The van der Waals surface area contributed by atoms with Crippen molar-refractivity contribution >= 4 is 16.0 Å². The van der Waals surface area contributed by atoms with Crippen LogP contribution in [0.4, 0.5) is 5.82 Å². The summed E-state index contributed by atoms with van der Waals surface area (Å²) in [5.41, 5.74) is 1.17. The molecule has 0 atom stereocenters. The van der Waals surface area contributed by atoms with Crippen molar-refractivity contribution in [3.63, 3.8) is 0 Å². The minimum Gasteiger partial charge on any atom is -0.355 e. The first-order valence-electron chi connectivity index (χ1n) is 10.2. The van der Waals surface area contributed by atoms with Gasteiger partial charge in [0.05, 0.1) is 17.9 Å². The fourth-order valence-corrected chi connectivity index (χ4v) is 6.18. The molecule has 2 aromatic heterocycles. The first-order valence-corrected chi connectivity index (χ1v) is 11.6. The van der Waals surface area contributed by atoms with Crippen molar-refractivity contribution in [1.29, 1.82) is 5.26 Å². The van der Waals surface area contributed by atoms with Crippen LogP contribution in [0.25, 0.3) is 11.3 Å². The number of rotatable bonds is 4. The summed E-state index contributed by atoms with van der Waals surface area (Å²) in [6, 6.07) is 2.10. The van der Waals surface area contributed by atoms with E-state index < -0.39 is 10.2 Å². The maximum atomic E-state index is 12.6. The summed E-state index contributed by atoms with van der Waals surface area (Å²) in [5.74, 6) is 1.20. The molecule has 1 N–H and O–H groups in total. The molecule has 0 aromatic carbocycles. The van der Waals surface area contributed by atoms with Crippen molar-refractivity contribution in [1.82, 2.24) is 28.8 Å². The van der Waals surface area contributed by atoms with Crippen LogP contribution in [0, 0.1) is 17.2 Å². The van der Waals surface area contributed by atoms with Gasteiger partial charge in [0.25, 0.3) is 10.2 Å². The summed E-state index contributed by atoms with van der Waals surface area (Å²) in [5, 5.41) is 13.6. The zero-order valence-electron chi connectivity index (χ0n) is 16.8. The molecule has 11 heteroatoms. The average molecular weight is 429 g/mol.